The summed E-state index contributed by atoms with van der Waals surface area (Å²) in [5.41, 5.74) is 3.32. The zero-order valence-electron chi connectivity index (χ0n) is 15.4. The standard InChI is InChI=1S/C23H23N3O/c1-24-15-21-14-22(17-27-23-9-3-2-4-10-23)26(25-21)16-18-11-12-19-7-5-6-8-20(19)13-18/h2-14,24H,15-17H2,1H3. The minimum atomic E-state index is 0.494. The minimum absolute atomic E-state index is 0.494. The molecule has 1 N–H and O–H groups in total. The summed E-state index contributed by atoms with van der Waals surface area (Å²) in [5, 5.41) is 10.4. The van der Waals surface area contributed by atoms with Gasteiger partial charge in [-0.25, -0.2) is 0 Å². The lowest BCUT2D eigenvalue weighted by Gasteiger charge is -2.10. The first-order chi connectivity index (χ1) is 13.3. The average molecular weight is 357 g/mol. The van der Waals surface area contributed by atoms with Crippen molar-refractivity contribution < 1.29 is 4.74 Å². The third kappa shape index (κ3) is 4.18. The first kappa shape index (κ1) is 17.3. The van der Waals surface area contributed by atoms with Crippen LogP contribution in [0, 0.1) is 0 Å². The first-order valence-corrected chi connectivity index (χ1v) is 9.17. The van der Waals surface area contributed by atoms with Crippen molar-refractivity contribution in [2.75, 3.05) is 7.05 Å². The summed E-state index contributed by atoms with van der Waals surface area (Å²) in [4.78, 5) is 0. The second kappa shape index (κ2) is 8.06. The van der Waals surface area contributed by atoms with E-state index in [1.807, 2.05) is 42.1 Å². The van der Waals surface area contributed by atoms with Crippen LogP contribution in [0.2, 0.25) is 0 Å². The number of fused-ring (bicyclic) bond motifs is 1. The second-order valence-corrected chi connectivity index (χ2v) is 6.60. The summed E-state index contributed by atoms with van der Waals surface area (Å²) in [5.74, 6) is 0.867. The Morgan fingerprint density at radius 1 is 0.889 bits per heavy atom. The van der Waals surface area contributed by atoms with Crippen molar-refractivity contribution in [2.24, 2.45) is 0 Å². The summed E-state index contributed by atoms with van der Waals surface area (Å²) < 4.78 is 7.99. The third-order valence-electron chi connectivity index (χ3n) is 4.55. The molecule has 0 fully saturated rings. The molecule has 0 aliphatic heterocycles. The van der Waals surface area contributed by atoms with E-state index < -0.39 is 0 Å². The topological polar surface area (TPSA) is 39.1 Å². The second-order valence-electron chi connectivity index (χ2n) is 6.60. The summed E-state index contributed by atoms with van der Waals surface area (Å²) in [6, 6.07) is 27.0. The van der Waals surface area contributed by atoms with Crippen molar-refractivity contribution in [1.82, 2.24) is 15.1 Å². The molecule has 27 heavy (non-hydrogen) atoms. The number of nitrogens with one attached hydrogen (secondary N) is 1. The maximum absolute atomic E-state index is 5.95. The van der Waals surface area contributed by atoms with Gasteiger partial charge in [0.15, 0.2) is 0 Å². The molecule has 0 amide bonds. The van der Waals surface area contributed by atoms with Gasteiger partial charge in [-0.3, -0.25) is 4.68 Å². The van der Waals surface area contributed by atoms with Crippen LogP contribution < -0.4 is 10.1 Å². The highest BCUT2D eigenvalue weighted by atomic mass is 16.5. The van der Waals surface area contributed by atoms with Gasteiger partial charge < -0.3 is 10.1 Å². The van der Waals surface area contributed by atoms with Crippen molar-refractivity contribution in [1.29, 1.82) is 0 Å². The van der Waals surface area contributed by atoms with Crippen LogP contribution in [0.5, 0.6) is 5.75 Å². The van der Waals surface area contributed by atoms with Crippen LogP contribution in [0.15, 0.2) is 78.9 Å². The molecule has 0 aliphatic carbocycles. The molecule has 1 aromatic heterocycles. The molecule has 0 aliphatic rings. The first-order valence-electron chi connectivity index (χ1n) is 9.17. The van der Waals surface area contributed by atoms with Crippen LogP contribution in [0.3, 0.4) is 0 Å². The molecule has 0 unspecified atom stereocenters. The lowest BCUT2D eigenvalue weighted by atomic mass is 10.1. The number of hydrogen-bond donors (Lipinski definition) is 1. The van der Waals surface area contributed by atoms with E-state index in [1.54, 1.807) is 0 Å². The quantitative estimate of drug-likeness (QED) is 0.533. The molecule has 0 bridgehead atoms. The van der Waals surface area contributed by atoms with E-state index in [4.69, 9.17) is 9.84 Å². The highest BCUT2D eigenvalue weighted by Gasteiger charge is 2.10. The number of hydrogen-bond acceptors (Lipinski definition) is 3. The van der Waals surface area contributed by atoms with E-state index in [0.717, 1.165) is 30.2 Å². The molecule has 1 heterocycles. The van der Waals surface area contributed by atoms with E-state index in [0.29, 0.717) is 6.61 Å². The molecule has 4 rings (SSSR count). The van der Waals surface area contributed by atoms with E-state index in [9.17, 15) is 0 Å². The van der Waals surface area contributed by atoms with Gasteiger partial charge in [0.2, 0.25) is 0 Å². The van der Waals surface area contributed by atoms with Crippen LogP contribution >= 0.6 is 0 Å². The van der Waals surface area contributed by atoms with E-state index in [1.165, 1.54) is 16.3 Å². The largest absolute Gasteiger partial charge is 0.487 e. The molecule has 0 saturated heterocycles. The maximum atomic E-state index is 5.95. The van der Waals surface area contributed by atoms with E-state index >= 15 is 0 Å². The van der Waals surface area contributed by atoms with Crippen LogP contribution in [-0.2, 0) is 19.7 Å². The number of aromatic nitrogens is 2. The summed E-state index contributed by atoms with van der Waals surface area (Å²) in [6.45, 7) is 1.96. The SMILES string of the molecule is CNCc1cc(COc2ccccc2)n(Cc2ccc3ccccc3c2)n1. The van der Waals surface area contributed by atoms with Crippen LogP contribution in [0.4, 0.5) is 0 Å². The molecular weight excluding hydrogens is 334 g/mol. The molecule has 4 nitrogen and oxygen atoms in total. The highest BCUT2D eigenvalue weighted by Crippen LogP contribution is 2.18. The van der Waals surface area contributed by atoms with Gasteiger partial charge in [0.05, 0.1) is 17.9 Å². The molecule has 0 radical (unpaired) electrons. The fourth-order valence-electron chi connectivity index (χ4n) is 3.22. The predicted molar refractivity (Wildman–Crippen MR) is 109 cm³/mol. The molecule has 0 spiro atoms. The summed E-state index contributed by atoms with van der Waals surface area (Å²) in [6.07, 6.45) is 0. The maximum Gasteiger partial charge on any atom is 0.130 e. The number of para-hydroxylation sites is 1. The van der Waals surface area contributed by atoms with Crippen LogP contribution in [0.1, 0.15) is 17.0 Å². The van der Waals surface area contributed by atoms with Gasteiger partial charge >= 0.3 is 0 Å². The molecule has 0 saturated carbocycles. The molecule has 4 aromatic rings. The monoisotopic (exact) mass is 357 g/mol. The Kier molecular flexibility index (Phi) is 5.17. The number of benzene rings is 3. The molecule has 136 valence electrons. The Morgan fingerprint density at radius 3 is 2.48 bits per heavy atom. The fraction of sp³-hybridized carbons (Fsp3) is 0.174. The Morgan fingerprint density at radius 2 is 1.67 bits per heavy atom. The van der Waals surface area contributed by atoms with Gasteiger partial charge in [-0.2, -0.15) is 5.10 Å². The van der Waals surface area contributed by atoms with Crippen molar-refractivity contribution in [3.8, 4) is 5.75 Å². The minimum Gasteiger partial charge on any atom is -0.487 e. The fourth-order valence-corrected chi connectivity index (χ4v) is 3.22. The molecular formula is C23H23N3O. The van der Waals surface area contributed by atoms with Gasteiger partial charge in [-0.15, -0.1) is 0 Å². The third-order valence-corrected chi connectivity index (χ3v) is 4.55. The normalized spacial score (nSPS) is 11.0. The van der Waals surface area contributed by atoms with Crippen LogP contribution in [-0.4, -0.2) is 16.8 Å². The Labute approximate surface area is 159 Å². The van der Waals surface area contributed by atoms with E-state index in [2.05, 4.69) is 53.8 Å². The molecule has 4 heteroatoms. The van der Waals surface area contributed by atoms with Crippen molar-refractivity contribution in [3.63, 3.8) is 0 Å². The smallest absolute Gasteiger partial charge is 0.130 e. The van der Waals surface area contributed by atoms with Crippen LogP contribution in [0.25, 0.3) is 10.8 Å². The Hall–Kier alpha value is -3.11. The lowest BCUT2D eigenvalue weighted by molar-refractivity contribution is 0.293. The van der Waals surface area contributed by atoms with E-state index in [-0.39, 0.29) is 0 Å². The summed E-state index contributed by atoms with van der Waals surface area (Å²) in [7, 11) is 1.93. The van der Waals surface area contributed by atoms with Gasteiger partial charge in [0.25, 0.3) is 0 Å². The van der Waals surface area contributed by atoms with Gasteiger partial charge in [-0.1, -0.05) is 54.6 Å². The Bertz CT molecular complexity index is 1020. The van der Waals surface area contributed by atoms with Gasteiger partial charge in [0.1, 0.15) is 12.4 Å². The zero-order chi connectivity index (χ0) is 18.5. The zero-order valence-corrected chi connectivity index (χ0v) is 15.4. The lowest BCUT2D eigenvalue weighted by Crippen LogP contribution is -2.10. The number of rotatable bonds is 7. The molecule has 0 atom stereocenters. The summed E-state index contributed by atoms with van der Waals surface area (Å²) >= 11 is 0. The predicted octanol–water partition coefficient (Wildman–Crippen LogP) is 4.38. The average Bonchev–Trinajstić information content (AvgIpc) is 3.08. The Balaban J connectivity index is 1.57. The van der Waals surface area contributed by atoms with Crippen molar-refractivity contribution >= 4 is 10.8 Å². The van der Waals surface area contributed by atoms with Crippen molar-refractivity contribution in [2.45, 2.75) is 19.7 Å². The van der Waals surface area contributed by atoms with Gasteiger partial charge in [0, 0.05) is 6.54 Å². The number of nitrogens with zero attached hydrogens (tertiary/aromatic N) is 2. The van der Waals surface area contributed by atoms with Gasteiger partial charge in [-0.05, 0) is 47.6 Å². The number of ether oxygens (including phenoxy) is 1. The molecule has 3 aromatic carbocycles. The highest BCUT2D eigenvalue weighted by molar-refractivity contribution is 5.82. The van der Waals surface area contributed by atoms with Crippen molar-refractivity contribution in [3.05, 3.63) is 95.8 Å².